The van der Waals surface area contributed by atoms with Crippen molar-refractivity contribution >= 4 is 11.9 Å². The van der Waals surface area contributed by atoms with E-state index < -0.39 is 17.9 Å². The number of benzene rings is 1. The molecule has 0 fully saturated rings. The molecule has 5 heteroatoms. The third kappa shape index (κ3) is 2.98. The van der Waals surface area contributed by atoms with Gasteiger partial charge in [-0.15, -0.1) is 0 Å². The highest BCUT2D eigenvalue weighted by atomic mass is 16.5. The Balaban J connectivity index is 2.69. The first-order valence-electron chi connectivity index (χ1n) is 4.70. The molecule has 0 heterocycles. The van der Waals surface area contributed by atoms with Crippen LogP contribution in [0.15, 0.2) is 24.3 Å². The zero-order valence-corrected chi connectivity index (χ0v) is 9.02. The molecule has 5 nitrogen and oxygen atoms in total. The fourth-order valence-corrected chi connectivity index (χ4v) is 1.08. The molecule has 1 N–H and O–H groups in total. The summed E-state index contributed by atoms with van der Waals surface area (Å²) in [6.45, 7) is 1.34. The summed E-state index contributed by atoms with van der Waals surface area (Å²) in [5.74, 6) is -1.15. The van der Waals surface area contributed by atoms with Gasteiger partial charge in [0.2, 0.25) is 0 Å². The van der Waals surface area contributed by atoms with Gasteiger partial charge in [0.15, 0.2) is 0 Å². The fraction of sp³-hybridized carbons (Fsp3) is 0.273. The molecule has 1 aromatic rings. The van der Waals surface area contributed by atoms with E-state index in [1.54, 1.807) is 24.3 Å². The van der Waals surface area contributed by atoms with Gasteiger partial charge in [-0.25, -0.2) is 0 Å². The number of amides is 1. The highest BCUT2D eigenvalue weighted by Crippen LogP contribution is 2.11. The average molecular weight is 222 g/mol. The number of carboxylic acids is 1. The number of methoxy groups -OCH3 is 1. The summed E-state index contributed by atoms with van der Waals surface area (Å²) in [5, 5.41) is 12.7. The Labute approximate surface area is 93.0 Å². The molecular formula is C11H12NO4-. The summed E-state index contributed by atoms with van der Waals surface area (Å²) in [6.07, 6.45) is 0. The molecule has 0 bridgehead atoms. The fourth-order valence-electron chi connectivity index (χ4n) is 1.08. The quantitative estimate of drug-likeness (QED) is 0.749. The van der Waals surface area contributed by atoms with E-state index in [9.17, 15) is 14.7 Å². The van der Waals surface area contributed by atoms with E-state index in [-0.39, 0.29) is 0 Å². The van der Waals surface area contributed by atoms with Gasteiger partial charge in [0, 0.05) is 5.56 Å². The van der Waals surface area contributed by atoms with Crippen molar-refractivity contribution in [2.45, 2.75) is 13.0 Å². The lowest BCUT2D eigenvalue weighted by atomic mass is 10.2. The van der Waals surface area contributed by atoms with Crippen LogP contribution in [0.3, 0.4) is 0 Å². The minimum absolute atomic E-state index is 0.369. The monoisotopic (exact) mass is 222 g/mol. The van der Waals surface area contributed by atoms with Gasteiger partial charge < -0.3 is 20.0 Å². The smallest absolute Gasteiger partial charge is 0.251 e. The van der Waals surface area contributed by atoms with Crippen LogP contribution in [0.4, 0.5) is 0 Å². The molecule has 0 spiro atoms. The van der Waals surface area contributed by atoms with Crippen LogP contribution in [0, 0.1) is 0 Å². The lowest BCUT2D eigenvalue weighted by Gasteiger charge is -2.14. The zero-order chi connectivity index (χ0) is 12.1. The first kappa shape index (κ1) is 12.0. The second kappa shape index (κ2) is 5.16. The van der Waals surface area contributed by atoms with Crippen LogP contribution in [0.5, 0.6) is 5.75 Å². The maximum absolute atomic E-state index is 11.5. The predicted octanol–water partition coefficient (Wildman–Crippen LogP) is -0.437. The standard InChI is InChI=1S/C11H13NO4/c1-7(11(14)15)12-10(13)8-3-5-9(16-2)6-4-8/h3-7H,1-2H3,(H,12,13)(H,14,15)/p-1. The second-order valence-corrected chi connectivity index (χ2v) is 3.24. The first-order valence-corrected chi connectivity index (χ1v) is 4.70. The minimum atomic E-state index is -1.32. The van der Waals surface area contributed by atoms with Crippen LogP contribution >= 0.6 is 0 Å². The molecule has 1 rings (SSSR count). The van der Waals surface area contributed by atoms with Crippen molar-refractivity contribution in [3.8, 4) is 5.75 Å². The molecule has 1 aromatic carbocycles. The molecule has 1 atom stereocenters. The first-order chi connectivity index (χ1) is 7.54. The van der Waals surface area contributed by atoms with Gasteiger partial charge in [0.1, 0.15) is 5.75 Å². The molecule has 0 saturated carbocycles. The van der Waals surface area contributed by atoms with Crippen molar-refractivity contribution in [3.05, 3.63) is 29.8 Å². The molecule has 0 saturated heterocycles. The van der Waals surface area contributed by atoms with Crippen molar-refractivity contribution in [2.24, 2.45) is 0 Å². The van der Waals surface area contributed by atoms with Crippen LogP contribution in [0.25, 0.3) is 0 Å². The van der Waals surface area contributed by atoms with Crippen LogP contribution in [-0.4, -0.2) is 25.0 Å². The molecule has 0 radical (unpaired) electrons. The summed E-state index contributed by atoms with van der Waals surface area (Å²) < 4.78 is 4.93. The van der Waals surface area contributed by atoms with E-state index in [2.05, 4.69) is 5.32 Å². The normalized spacial score (nSPS) is 11.6. The topological polar surface area (TPSA) is 78.5 Å². The van der Waals surface area contributed by atoms with Crippen molar-refractivity contribution < 1.29 is 19.4 Å². The van der Waals surface area contributed by atoms with Crippen LogP contribution in [-0.2, 0) is 4.79 Å². The van der Waals surface area contributed by atoms with Gasteiger partial charge >= 0.3 is 0 Å². The van der Waals surface area contributed by atoms with E-state index in [0.717, 1.165) is 0 Å². The number of carboxylic acid groups (broad SMARTS) is 1. The van der Waals surface area contributed by atoms with Gasteiger partial charge in [-0.2, -0.15) is 0 Å². The van der Waals surface area contributed by atoms with E-state index in [4.69, 9.17) is 4.74 Å². The number of carbonyl (C=O) groups excluding carboxylic acids is 2. The number of carbonyl (C=O) groups is 2. The lowest BCUT2D eigenvalue weighted by molar-refractivity contribution is -0.307. The predicted molar refractivity (Wildman–Crippen MR) is 54.9 cm³/mol. The van der Waals surface area contributed by atoms with E-state index in [1.807, 2.05) is 0 Å². The van der Waals surface area contributed by atoms with Crippen molar-refractivity contribution in [1.29, 1.82) is 0 Å². The molecular weight excluding hydrogens is 210 g/mol. The van der Waals surface area contributed by atoms with Crippen LogP contribution < -0.4 is 15.2 Å². The molecule has 0 aliphatic rings. The van der Waals surface area contributed by atoms with E-state index >= 15 is 0 Å². The number of ether oxygens (including phenoxy) is 1. The van der Waals surface area contributed by atoms with Gasteiger partial charge in [0.25, 0.3) is 5.91 Å². The van der Waals surface area contributed by atoms with Gasteiger partial charge in [-0.1, -0.05) is 0 Å². The number of aliphatic carboxylic acids is 1. The maximum Gasteiger partial charge on any atom is 0.251 e. The molecule has 0 aliphatic carbocycles. The highest BCUT2D eigenvalue weighted by Gasteiger charge is 2.09. The Bertz CT molecular complexity index is 385. The van der Waals surface area contributed by atoms with Crippen LogP contribution in [0.1, 0.15) is 17.3 Å². The van der Waals surface area contributed by atoms with Gasteiger partial charge in [-0.3, -0.25) is 4.79 Å². The molecule has 0 aromatic heterocycles. The Morgan fingerprint density at radius 3 is 2.31 bits per heavy atom. The number of hydrogen-bond donors (Lipinski definition) is 1. The Kier molecular flexibility index (Phi) is 3.88. The van der Waals surface area contributed by atoms with Crippen molar-refractivity contribution in [2.75, 3.05) is 7.11 Å². The zero-order valence-electron chi connectivity index (χ0n) is 9.02. The van der Waals surface area contributed by atoms with E-state index in [0.29, 0.717) is 11.3 Å². The number of hydrogen-bond acceptors (Lipinski definition) is 4. The van der Waals surface area contributed by atoms with E-state index in [1.165, 1.54) is 14.0 Å². The maximum atomic E-state index is 11.5. The Hall–Kier alpha value is -2.04. The largest absolute Gasteiger partial charge is 0.548 e. The Morgan fingerprint density at radius 1 is 1.31 bits per heavy atom. The van der Waals surface area contributed by atoms with Gasteiger partial charge in [0.05, 0.1) is 19.1 Å². The average Bonchev–Trinajstić information content (AvgIpc) is 2.28. The number of rotatable bonds is 4. The molecule has 0 aliphatic heterocycles. The van der Waals surface area contributed by atoms with Crippen molar-refractivity contribution in [1.82, 2.24) is 5.32 Å². The summed E-state index contributed by atoms with van der Waals surface area (Å²) in [7, 11) is 1.52. The minimum Gasteiger partial charge on any atom is -0.548 e. The lowest BCUT2D eigenvalue weighted by Crippen LogP contribution is -2.45. The third-order valence-corrected chi connectivity index (χ3v) is 2.05. The molecule has 1 unspecified atom stereocenters. The Morgan fingerprint density at radius 2 is 1.88 bits per heavy atom. The number of nitrogens with one attached hydrogen (secondary N) is 1. The highest BCUT2D eigenvalue weighted by molar-refractivity contribution is 5.96. The molecule has 1 amide bonds. The summed E-state index contributed by atoms with van der Waals surface area (Å²) in [4.78, 5) is 21.9. The molecule has 86 valence electrons. The SMILES string of the molecule is COc1ccc(C(=O)NC(C)C(=O)[O-])cc1. The summed E-state index contributed by atoms with van der Waals surface area (Å²) >= 11 is 0. The summed E-state index contributed by atoms with van der Waals surface area (Å²) in [5.41, 5.74) is 0.369. The third-order valence-electron chi connectivity index (χ3n) is 2.05. The second-order valence-electron chi connectivity index (χ2n) is 3.24. The van der Waals surface area contributed by atoms with Gasteiger partial charge in [-0.05, 0) is 31.2 Å². The van der Waals surface area contributed by atoms with Crippen molar-refractivity contribution in [3.63, 3.8) is 0 Å². The van der Waals surface area contributed by atoms with Crippen LogP contribution in [0.2, 0.25) is 0 Å². The summed E-state index contributed by atoms with van der Waals surface area (Å²) in [6, 6.07) is 5.33. The molecule has 16 heavy (non-hydrogen) atoms.